The number of nitrogens with zero attached hydrogens (tertiary/aromatic N) is 1. The number of nitrogens with two attached hydrogens (primary N) is 1. The number of fused-ring (bicyclic) bond motifs is 1. The summed E-state index contributed by atoms with van der Waals surface area (Å²) in [5, 5.41) is 10.2. The van der Waals surface area contributed by atoms with Gasteiger partial charge in [-0.25, -0.2) is 0 Å². The average molecular weight is 239 g/mol. The first kappa shape index (κ1) is 11.0. The summed E-state index contributed by atoms with van der Waals surface area (Å²) < 4.78 is 1.88. The maximum Gasteiger partial charge on any atom is 0.325 e. The van der Waals surface area contributed by atoms with E-state index in [4.69, 9.17) is 22.4 Å². The molecule has 2 aromatic rings. The zero-order valence-corrected chi connectivity index (χ0v) is 9.40. The molecule has 1 aromatic heterocycles. The number of rotatable bonds is 2. The van der Waals surface area contributed by atoms with Crippen molar-refractivity contribution in [1.29, 1.82) is 0 Å². The molecule has 1 aromatic carbocycles. The van der Waals surface area contributed by atoms with Crippen molar-refractivity contribution >= 4 is 28.5 Å². The van der Waals surface area contributed by atoms with Crippen molar-refractivity contribution in [3.05, 3.63) is 35.0 Å². The molecule has 16 heavy (non-hydrogen) atoms. The molecule has 1 unspecified atom stereocenters. The summed E-state index contributed by atoms with van der Waals surface area (Å²) in [4.78, 5) is 10.8. The number of carboxylic acids is 1. The Hall–Kier alpha value is -1.52. The van der Waals surface area contributed by atoms with Gasteiger partial charge in [-0.1, -0.05) is 11.6 Å². The molecule has 0 spiro atoms. The minimum absolute atomic E-state index is 0.510. The summed E-state index contributed by atoms with van der Waals surface area (Å²) in [7, 11) is 1.88. The number of aliphatic carboxylic acids is 1. The van der Waals surface area contributed by atoms with Gasteiger partial charge in [0.2, 0.25) is 0 Å². The van der Waals surface area contributed by atoms with E-state index in [-0.39, 0.29) is 0 Å². The summed E-state index contributed by atoms with van der Waals surface area (Å²) >= 11 is 6.09. The van der Waals surface area contributed by atoms with Crippen LogP contribution in [0.25, 0.3) is 10.9 Å². The van der Waals surface area contributed by atoms with E-state index in [0.717, 1.165) is 10.9 Å². The van der Waals surface area contributed by atoms with Gasteiger partial charge in [-0.2, -0.15) is 0 Å². The number of halogens is 1. The summed E-state index contributed by atoms with van der Waals surface area (Å²) in [5.41, 5.74) is 6.93. The highest BCUT2D eigenvalue weighted by Crippen LogP contribution is 2.28. The van der Waals surface area contributed by atoms with Crippen LogP contribution in [0.5, 0.6) is 0 Å². The monoisotopic (exact) mass is 238 g/mol. The van der Waals surface area contributed by atoms with Crippen molar-refractivity contribution in [1.82, 2.24) is 4.57 Å². The quantitative estimate of drug-likeness (QED) is 0.840. The van der Waals surface area contributed by atoms with Gasteiger partial charge in [0, 0.05) is 18.6 Å². The first-order chi connectivity index (χ1) is 7.50. The van der Waals surface area contributed by atoms with Crippen LogP contribution in [-0.2, 0) is 11.8 Å². The molecule has 0 aliphatic carbocycles. The SMILES string of the molecule is Cn1ccc2cc(C(N)C(=O)O)cc(Cl)c21. The molecular weight excluding hydrogens is 228 g/mol. The smallest absolute Gasteiger partial charge is 0.325 e. The minimum Gasteiger partial charge on any atom is -0.480 e. The second-order valence-electron chi connectivity index (χ2n) is 3.68. The van der Waals surface area contributed by atoms with Crippen molar-refractivity contribution in [3.63, 3.8) is 0 Å². The van der Waals surface area contributed by atoms with Crippen LogP contribution in [-0.4, -0.2) is 15.6 Å². The molecule has 0 fully saturated rings. The van der Waals surface area contributed by atoms with Gasteiger partial charge in [-0.05, 0) is 23.8 Å². The molecule has 0 radical (unpaired) electrons. The molecule has 0 saturated heterocycles. The zero-order valence-electron chi connectivity index (χ0n) is 8.64. The highest BCUT2D eigenvalue weighted by atomic mass is 35.5. The number of carboxylic acid groups (broad SMARTS) is 1. The third-order valence-electron chi connectivity index (χ3n) is 2.57. The molecular formula is C11H11ClN2O2. The maximum absolute atomic E-state index is 10.8. The molecule has 84 valence electrons. The fraction of sp³-hybridized carbons (Fsp3) is 0.182. The summed E-state index contributed by atoms with van der Waals surface area (Å²) in [5.74, 6) is -1.06. The first-order valence-corrected chi connectivity index (χ1v) is 5.11. The van der Waals surface area contributed by atoms with Crippen LogP contribution in [0.2, 0.25) is 5.02 Å². The normalized spacial score (nSPS) is 12.9. The lowest BCUT2D eigenvalue weighted by Crippen LogP contribution is -2.20. The van der Waals surface area contributed by atoms with Crippen LogP contribution < -0.4 is 5.73 Å². The van der Waals surface area contributed by atoms with E-state index in [1.807, 2.05) is 23.9 Å². The Morgan fingerprint density at radius 2 is 2.25 bits per heavy atom. The molecule has 0 amide bonds. The molecule has 5 heteroatoms. The highest BCUT2D eigenvalue weighted by Gasteiger charge is 2.16. The number of hydrogen-bond acceptors (Lipinski definition) is 2. The van der Waals surface area contributed by atoms with Gasteiger partial charge in [0.15, 0.2) is 0 Å². The molecule has 2 rings (SSSR count). The third kappa shape index (κ3) is 1.66. The first-order valence-electron chi connectivity index (χ1n) is 4.73. The third-order valence-corrected chi connectivity index (χ3v) is 2.86. The van der Waals surface area contributed by atoms with Gasteiger partial charge in [0.05, 0.1) is 10.5 Å². The Bertz CT molecular complexity index is 562. The number of carbonyl (C=O) groups is 1. The fourth-order valence-corrected chi connectivity index (χ4v) is 2.10. The van der Waals surface area contributed by atoms with Crippen LogP contribution in [0.4, 0.5) is 0 Å². The van der Waals surface area contributed by atoms with Crippen LogP contribution >= 0.6 is 11.6 Å². The van der Waals surface area contributed by atoms with Crippen molar-refractivity contribution in [3.8, 4) is 0 Å². The molecule has 0 aliphatic rings. The lowest BCUT2D eigenvalue weighted by atomic mass is 10.1. The lowest BCUT2D eigenvalue weighted by Gasteiger charge is -2.08. The van der Waals surface area contributed by atoms with Crippen molar-refractivity contribution in [2.75, 3.05) is 0 Å². The van der Waals surface area contributed by atoms with E-state index < -0.39 is 12.0 Å². The predicted molar refractivity (Wildman–Crippen MR) is 62.5 cm³/mol. The number of benzene rings is 1. The minimum atomic E-state index is -1.06. The van der Waals surface area contributed by atoms with Gasteiger partial charge in [-0.3, -0.25) is 4.79 Å². The molecule has 4 nitrogen and oxygen atoms in total. The fourth-order valence-electron chi connectivity index (χ4n) is 1.73. The highest BCUT2D eigenvalue weighted by molar-refractivity contribution is 6.35. The molecule has 3 N–H and O–H groups in total. The van der Waals surface area contributed by atoms with Gasteiger partial charge in [-0.15, -0.1) is 0 Å². The van der Waals surface area contributed by atoms with E-state index in [2.05, 4.69) is 0 Å². The summed E-state index contributed by atoms with van der Waals surface area (Å²) in [6.45, 7) is 0. The van der Waals surface area contributed by atoms with Crippen molar-refractivity contribution in [2.45, 2.75) is 6.04 Å². The standard InChI is InChI=1S/C11H11ClN2O2/c1-14-3-2-6-4-7(9(13)11(15)16)5-8(12)10(6)14/h2-5,9H,13H2,1H3,(H,15,16). The Morgan fingerprint density at radius 3 is 2.88 bits per heavy atom. The maximum atomic E-state index is 10.8. The Balaban J connectivity index is 2.63. The van der Waals surface area contributed by atoms with Gasteiger partial charge < -0.3 is 15.4 Å². The van der Waals surface area contributed by atoms with Crippen LogP contribution in [0.15, 0.2) is 24.4 Å². The molecule has 1 atom stereocenters. The van der Waals surface area contributed by atoms with Crippen molar-refractivity contribution in [2.24, 2.45) is 12.8 Å². The predicted octanol–water partition coefficient (Wildman–Crippen LogP) is 1.92. The van der Waals surface area contributed by atoms with E-state index in [0.29, 0.717) is 10.6 Å². The van der Waals surface area contributed by atoms with Crippen LogP contribution in [0, 0.1) is 0 Å². The van der Waals surface area contributed by atoms with E-state index >= 15 is 0 Å². The van der Waals surface area contributed by atoms with Gasteiger partial charge >= 0.3 is 5.97 Å². The molecule has 1 heterocycles. The Labute approximate surface area is 97.2 Å². The van der Waals surface area contributed by atoms with Crippen LogP contribution in [0.3, 0.4) is 0 Å². The zero-order chi connectivity index (χ0) is 11.9. The summed E-state index contributed by atoms with van der Waals surface area (Å²) in [6, 6.07) is 4.18. The molecule has 0 saturated carbocycles. The lowest BCUT2D eigenvalue weighted by molar-refractivity contribution is -0.138. The van der Waals surface area contributed by atoms with Gasteiger partial charge in [0.25, 0.3) is 0 Å². The van der Waals surface area contributed by atoms with Crippen molar-refractivity contribution < 1.29 is 9.90 Å². The number of hydrogen-bond donors (Lipinski definition) is 2. The number of aryl methyl sites for hydroxylation is 1. The Kier molecular flexibility index (Phi) is 2.61. The van der Waals surface area contributed by atoms with E-state index in [1.54, 1.807) is 12.1 Å². The second kappa shape index (κ2) is 3.81. The van der Waals surface area contributed by atoms with E-state index in [1.165, 1.54) is 0 Å². The largest absolute Gasteiger partial charge is 0.480 e. The van der Waals surface area contributed by atoms with Crippen LogP contribution in [0.1, 0.15) is 11.6 Å². The average Bonchev–Trinajstić information content (AvgIpc) is 2.59. The van der Waals surface area contributed by atoms with Gasteiger partial charge in [0.1, 0.15) is 6.04 Å². The molecule has 0 bridgehead atoms. The topological polar surface area (TPSA) is 68.2 Å². The molecule has 0 aliphatic heterocycles. The Morgan fingerprint density at radius 1 is 1.56 bits per heavy atom. The summed E-state index contributed by atoms with van der Waals surface area (Å²) in [6.07, 6.45) is 1.87. The second-order valence-corrected chi connectivity index (χ2v) is 4.09. The number of aromatic nitrogens is 1. The van der Waals surface area contributed by atoms with E-state index in [9.17, 15) is 4.79 Å².